The first kappa shape index (κ1) is 23.1. The van der Waals surface area contributed by atoms with E-state index in [0.29, 0.717) is 22.0 Å². The van der Waals surface area contributed by atoms with E-state index >= 15 is 0 Å². The molecule has 2 aromatic carbocycles. The van der Waals surface area contributed by atoms with Crippen molar-refractivity contribution in [2.24, 2.45) is 0 Å². The lowest BCUT2D eigenvalue weighted by Gasteiger charge is -2.10. The Kier molecular flexibility index (Phi) is 7.69. The maximum atomic E-state index is 12.4. The van der Waals surface area contributed by atoms with Crippen LogP contribution in [0.15, 0.2) is 53.9 Å². The van der Waals surface area contributed by atoms with Crippen LogP contribution in [0.1, 0.15) is 26.3 Å². The molecular weight excluding hydrogens is 428 g/mol. The molecule has 0 aliphatic rings. The molecule has 0 spiro atoms. The number of amides is 2. The molecule has 0 saturated carbocycles. The second-order valence-electron chi connectivity index (χ2n) is 7.41. The van der Waals surface area contributed by atoms with Gasteiger partial charge in [-0.1, -0.05) is 24.3 Å². The number of carboxylic acids is 1. The molecule has 32 heavy (non-hydrogen) atoms. The number of carbonyl (C=O) groups excluding carboxylic acids is 2. The zero-order valence-electron chi connectivity index (χ0n) is 17.8. The van der Waals surface area contributed by atoms with Crippen LogP contribution in [0.4, 0.5) is 5.13 Å². The minimum Gasteiger partial charge on any atom is -0.478 e. The third kappa shape index (κ3) is 6.47. The average Bonchev–Trinajstić information content (AvgIpc) is 3.24. The lowest BCUT2D eigenvalue weighted by Crippen LogP contribution is -2.32. The van der Waals surface area contributed by atoms with Crippen LogP contribution in [0.2, 0.25) is 0 Å². The van der Waals surface area contributed by atoms with Gasteiger partial charge in [0.2, 0.25) is 5.91 Å². The summed E-state index contributed by atoms with van der Waals surface area (Å²) in [6.07, 6.45) is 0.830. The molecule has 1 aromatic heterocycles. The van der Waals surface area contributed by atoms with Crippen LogP contribution in [0.25, 0.3) is 11.3 Å². The molecule has 0 saturated heterocycles. The van der Waals surface area contributed by atoms with Crippen molar-refractivity contribution in [2.45, 2.75) is 6.42 Å². The molecule has 8 nitrogen and oxygen atoms in total. The molecule has 3 rings (SSSR count). The van der Waals surface area contributed by atoms with E-state index < -0.39 is 11.9 Å². The van der Waals surface area contributed by atoms with Gasteiger partial charge in [-0.25, -0.2) is 9.78 Å². The molecule has 0 aliphatic carbocycles. The van der Waals surface area contributed by atoms with Crippen molar-refractivity contribution in [1.29, 1.82) is 0 Å². The maximum absolute atomic E-state index is 12.4. The standard InChI is InChI=1S/C23H24N4O4S/c1-27(2)10-9-15-5-3-7-17(11-15)21(29)24-13-20(28)26-23-25-19(14-32-23)16-6-4-8-18(12-16)22(30)31/h3-8,11-12,14H,9-10,13H2,1-2H3,(H,24,29)(H,30,31)(H,25,26,28). The second kappa shape index (κ2) is 10.7. The van der Waals surface area contributed by atoms with E-state index in [2.05, 4.69) is 20.5 Å². The third-order valence-electron chi connectivity index (χ3n) is 4.60. The Labute approximate surface area is 189 Å². The molecule has 1 heterocycles. The molecule has 0 unspecified atom stereocenters. The van der Waals surface area contributed by atoms with Gasteiger partial charge in [0.1, 0.15) is 0 Å². The van der Waals surface area contributed by atoms with E-state index in [0.717, 1.165) is 18.5 Å². The number of carbonyl (C=O) groups is 3. The van der Waals surface area contributed by atoms with E-state index in [9.17, 15) is 14.4 Å². The summed E-state index contributed by atoms with van der Waals surface area (Å²) in [6, 6.07) is 13.8. The van der Waals surface area contributed by atoms with Crippen LogP contribution in [0.5, 0.6) is 0 Å². The van der Waals surface area contributed by atoms with Crippen molar-refractivity contribution >= 4 is 34.3 Å². The number of nitrogens with zero attached hydrogens (tertiary/aromatic N) is 2. The summed E-state index contributed by atoms with van der Waals surface area (Å²) in [5.74, 6) is -1.74. The zero-order valence-corrected chi connectivity index (χ0v) is 18.6. The van der Waals surface area contributed by atoms with Crippen molar-refractivity contribution in [3.8, 4) is 11.3 Å². The third-order valence-corrected chi connectivity index (χ3v) is 5.36. The first-order chi connectivity index (χ1) is 15.3. The molecule has 9 heteroatoms. The van der Waals surface area contributed by atoms with E-state index in [1.54, 1.807) is 23.6 Å². The fraction of sp³-hybridized carbons (Fsp3) is 0.217. The minimum atomic E-state index is -1.02. The van der Waals surface area contributed by atoms with Gasteiger partial charge in [-0.3, -0.25) is 9.59 Å². The first-order valence-electron chi connectivity index (χ1n) is 9.93. The molecule has 3 aromatic rings. The first-order valence-corrected chi connectivity index (χ1v) is 10.8. The number of benzene rings is 2. The fourth-order valence-electron chi connectivity index (χ4n) is 2.92. The lowest BCUT2D eigenvalue weighted by molar-refractivity contribution is -0.115. The van der Waals surface area contributed by atoms with Gasteiger partial charge in [0, 0.05) is 23.1 Å². The molecule has 0 fully saturated rings. The van der Waals surface area contributed by atoms with Crippen LogP contribution in [-0.4, -0.2) is 60.0 Å². The van der Waals surface area contributed by atoms with Crippen LogP contribution < -0.4 is 10.6 Å². The second-order valence-corrected chi connectivity index (χ2v) is 8.27. The number of hydrogen-bond acceptors (Lipinski definition) is 6. The summed E-state index contributed by atoms with van der Waals surface area (Å²) in [7, 11) is 3.99. The predicted octanol–water partition coefficient (Wildman–Crippen LogP) is 2.98. The molecule has 0 radical (unpaired) electrons. The van der Waals surface area contributed by atoms with Gasteiger partial charge in [0.15, 0.2) is 5.13 Å². The molecular formula is C23H24N4O4S. The van der Waals surface area contributed by atoms with Gasteiger partial charge in [-0.2, -0.15) is 0 Å². The van der Waals surface area contributed by atoms with Crippen molar-refractivity contribution < 1.29 is 19.5 Å². The highest BCUT2D eigenvalue weighted by molar-refractivity contribution is 7.14. The van der Waals surface area contributed by atoms with Crippen LogP contribution in [0, 0.1) is 0 Å². The van der Waals surface area contributed by atoms with E-state index in [4.69, 9.17) is 5.11 Å². The number of hydrogen-bond donors (Lipinski definition) is 3. The van der Waals surface area contributed by atoms with E-state index in [-0.39, 0.29) is 18.0 Å². The number of aromatic nitrogens is 1. The SMILES string of the molecule is CN(C)CCc1cccc(C(=O)NCC(=O)Nc2nc(-c3cccc(C(=O)O)c3)cs2)c1. The van der Waals surface area contributed by atoms with Gasteiger partial charge >= 0.3 is 5.97 Å². The monoisotopic (exact) mass is 452 g/mol. The minimum absolute atomic E-state index is 0.162. The topological polar surface area (TPSA) is 112 Å². The Morgan fingerprint density at radius 1 is 1.06 bits per heavy atom. The molecule has 3 N–H and O–H groups in total. The maximum Gasteiger partial charge on any atom is 0.335 e. The predicted molar refractivity (Wildman–Crippen MR) is 124 cm³/mol. The Bertz CT molecular complexity index is 1130. The summed E-state index contributed by atoms with van der Waals surface area (Å²) < 4.78 is 0. The highest BCUT2D eigenvalue weighted by atomic mass is 32.1. The highest BCUT2D eigenvalue weighted by Crippen LogP contribution is 2.25. The summed E-state index contributed by atoms with van der Waals surface area (Å²) in [4.78, 5) is 42.2. The fourth-order valence-corrected chi connectivity index (χ4v) is 3.66. The van der Waals surface area contributed by atoms with Crippen LogP contribution in [-0.2, 0) is 11.2 Å². The van der Waals surface area contributed by atoms with Crippen molar-refractivity contribution in [3.63, 3.8) is 0 Å². The Morgan fingerprint density at radius 3 is 2.56 bits per heavy atom. The summed E-state index contributed by atoms with van der Waals surface area (Å²) in [6.45, 7) is 0.689. The summed E-state index contributed by atoms with van der Waals surface area (Å²) >= 11 is 1.22. The van der Waals surface area contributed by atoms with Crippen molar-refractivity contribution in [2.75, 3.05) is 32.5 Å². The average molecular weight is 453 g/mol. The smallest absolute Gasteiger partial charge is 0.335 e. The number of anilines is 1. The normalized spacial score (nSPS) is 10.7. The van der Waals surface area contributed by atoms with Gasteiger partial charge in [0.25, 0.3) is 5.91 Å². The van der Waals surface area contributed by atoms with Gasteiger partial charge in [0.05, 0.1) is 17.8 Å². The van der Waals surface area contributed by atoms with Gasteiger partial charge in [-0.05, 0) is 50.3 Å². The largest absolute Gasteiger partial charge is 0.478 e. The number of likely N-dealkylation sites (N-methyl/N-ethyl adjacent to an activating group) is 1. The van der Waals surface area contributed by atoms with Gasteiger partial charge in [-0.15, -0.1) is 11.3 Å². The molecule has 0 aliphatic heterocycles. The molecule has 0 atom stereocenters. The zero-order chi connectivity index (χ0) is 23.1. The summed E-state index contributed by atoms with van der Waals surface area (Å²) in [5, 5.41) is 16.5. The van der Waals surface area contributed by atoms with Crippen molar-refractivity contribution in [3.05, 3.63) is 70.6 Å². The Balaban J connectivity index is 1.54. The number of rotatable bonds is 9. The number of nitrogens with one attached hydrogen (secondary N) is 2. The molecule has 2 amide bonds. The number of aromatic carboxylic acids is 1. The van der Waals surface area contributed by atoms with E-state index in [1.807, 2.05) is 32.3 Å². The molecule has 0 bridgehead atoms. The Morgan fingerprint density at radius 2 is 1.81 bits per heavy atom. The highest BCUT2D eigenvalue weighted by Gasteiger charge is 2.12. The Hall–Kier alpha value is -3.56. The van der Waals surface area contributed by atoms with E-state index in [1.165, 1.54) is 23.5 Å². The van der Waals surface area contributed by atoms with Gasteiger partial charge < -0.3 is 20.6 Å². The van der Waals surface area contributed by atoms with Crippen LogP contribution >= 0.6 is 11.3 Å². The number of carboxylic acid groups (broad SMARTS) is 1. The number of thiazole rings is 1. The van der Waals surface area contributed by atoms with Crippen molar-refractivity contribution in [1.82, 2.24) is 15.2 Å². The quantitative estimate of drug-likeness (QED) is 0.460. The van der Waals surface area contributed by atoms with Crippen LogP contribution in [0.3, 0.4) is 0 Å². The summed E-state index contributed by atoms with van der Waals surface area (Å²) in [5.41, 5.74) is 2.92. The molecule has 166 valence electrons. The lowest BCUT2D eigenvalue weighted by atomic mass is 10.1.